The molecule has 0 aromatic carbocycles. The number of hydrogen-bond donors (Lipinski definition) is 3. The van der Waals surface area contributed by atoms with Gasteiger partial charge in [0.15, 0.2) is 5.96 Å². The summed E-state index contributed by atoms with van der Waals surface area (Å²) in [5.74, 6) is 0.838. The average Bonchev–Trinajstić information content (AvgIpc) is 2.30. The second kappa shape index (κ2) is 10.3. The Bertz CT molecular complexity index is 216. The number of nitrogens with zero attached hydrogens (tertiary/aromatic N) is 1. The standard InChI is InChI=1S/C11H24N4O/c1-4-7-13-10(16)6-9-15-11(12-3)14-8-5-2/h4-9H2,1-3H3,(H,13,16)(H2,12,14,15). The Morgan fingerprint density at radius 1 is 1.00 bits per heavy atom. The fourth-order valence-electron chi connectivity index (χ4n) is 1.11. The molecule has 5 heteroatoms. The topological polar surface area (TPSA) is 65.5 Å². The van der Waals surface area contributed by atoms with Gasteiger partial charge >= 0.3 is 0 Å². The highest BCUT2D eigenvalue weighted by atomic mass is 16.1. The highest BCUT2D eigenvalue weighted by molar-refractivity contribution is 5.81. The van der Waals surface area contributed by atoms with Crippen LogP contribution >= 0.6 is 0 Å². The molecule has 3 N–H and O–H groups in total. The number of nitrogens with one attached hydrogen (secondary N) is 3. The zero-order chi connectivity index (χ0) is 12.2. The van der Waals surface area contributed by atoms with Crippen LogP contribution in [0.5, 0.6) is 0 Å². The van der Waals surface area contributed by atoms with Crippen LogP contribution in [0, 0.1) is 0 Å². The van der Waals surface area contributed by atoms with Gasteiger partial charge in [0, 0.05) is 33.1 Å². The third kappa shape index (κ3) is 8.08. The lowest BCUT2D eigenvalue weighted by Gasteiger charge is -2.10. The highest BCUT2D eigenvalue weighted by Crippen LogP contribution is 1.80. The van der Waals surface area contributed by atoms with Gasteiger partial charge in [0.1, 0.15) is 0 Å². The van der Waals surface area contributed by atoms with Gasteiger partial charge in [-0.15, -0.1) is 0 Å². The summed E-state index contributed by atoms with van der Waals surface area (Å²) in [6, 6.07) is 0. The molecule has 0 spiro atoms. The molecule has 0 aromatic heterocycles. The van der Waals surface area contributed by atoms with Crippen molar-refractivity contribution >= 4 is 11.9 Å². The smallest absolute Gasteiger partial charge is 0.221 e. The molecule has 0 aliphatic heterocycles. The monoisotopic (exact) mass is 228 g/mol. The molecule has 0 rings (SSSR count). The number of rotatable bonds is 7. The number of carbonyl (C=O) groups is 1. The van der Waals surface area contributed by atoms with E-state index in [1.54, 1.807) is 7.05 Å². The van der Waals surface area contributed by atoms with Crippen molar-refractivity contribution in [3.63, 3.8) is 0 Å². The number of hydrogen-bond acceptors (Lipinski definition) is 2. The summed E-state index contributed by atoms with van der Waals surface area (Å²) < 4.78 is 0. The molecule has 16 heavy (non-hydrogen) atoms. The first-order valence-electron chi connectivity index (χ1n) is 5.95. The minimum atomic E-state index is 0.0836. The molecule has 0 unspecified atom stereocenters. The van der Waals surface area contributed by atoms with Crippen LogP contribution in [0.25, 0.3) is 0 Å². The Morgan fingerprint density at radius 3 is 2.12 bits per heavy atom. The van der Waals surface area contributed by atoms with E-state index < -0.39 is 0 Å². The fourth-order valence-corrected chi connectivity index (χ4v) is 1.11. The van der Waals surface area contributed by atoms with E-state index in [-0.39, 0.29) is 5.91 Å². The van der Waals surface area contributed by atoms with E-state index in [4.69, 9.17) is 0 Å². The number of amides is 1. The maximum absolute atomic E-state index is 11.3. The van der Waals surface area contributed by atoms with Gasteiger partial charge in [-0.05, 0) is 12.8 Å². The molecular formula is C11H24N4O. The van der Waals surface area contributed by atoms with Gasteiger partial charge < -0.3 is 16.0 Å². The highest BCUT2D eigenvalue weighted by Gasteiger charge is 2.00. The molecular weight excluding hydrogens is 204 g/mol. The van der Waals surface area contributed by atoms with Crippen molar-refractivity contribution in [1.82, 2.24) is 16.0 Å². The Balaban J connectivity index is 3.58. The molecule has 0 radical (unpaired) electrons. The molecule has 0 atom stereocenters. The average molecular weight is 228 g/mol. The molecule has 0 aliphatic rings. The van der Waals surface area contributed by atoms with Crippen LogP contribution in [-0.4, -0.2) is 38.5 Å². The first-order chi connectivity index (χ1) is 7.74. The zero-order valence-corrected chi connectivity index (χ0v) is 10.6. The SMILES string of the molecule is CCCNC(=O)CCNC(=NC)NCCC. The van der Waals surface area contributed by atoms with Crippen molar-refractivity contribution in [2.24, 2.45) is 4.99 Å². The van der Waals surface area contributed by atoms with Gasteiger partial charge in [-0.1, -0.05) is 13.8 Å². The van der Waals surface area contributed by atoms with E-state index in [0.29, 0.717) is 13.0 Å². The Hall–Kier alpha value is -1.26. The third-order valence-corrected chi connectivity index (χ3v) is 1.98. The van der Waals surface area contributed by atoms with Gasteiger partial charge in [-0.2, -0.15) is 0 Å². The summed E-state index contributed by atoms with van der Waals surface area (Å²) in [7, 11) is 1.72. The van der Waals surface area contributed by atoms with E-state index in [9.17, 15) is 4.79 Å². The van der Waals surface area contributed by atoms with Gasteiger partial charge in [-0.25, -0.2) is 0 Å². The predicted octanol–water partition coefficient (Wildman–Crippen LogP) is 0.478. The first-order valence-corrected chi connectivity index (χ1v) is 5.95. The molecule has 0 bridgehead atoms. The molecule has 1 amide bonds. The second-order valence-corrected chi connectivity index (χ2v) is 3.53. The summed E-state index contributed by atoms with van der Waals surface area (Å²) >= 11 is 0. The van der Waals surface area contributed by atoms with Crippen molar-refractivity contribution in [3.05, 3.63) is 0 Å². The van der Waals surface area contributed by atoms with E-state index in [0.717, 1.165) is 31.9 Å². The van der Waals surface area contributed by atoms with Crippen LogP contribution in [-0.2, 0) is 4.79 Å². The molecule has 0 aromatic rings. The molecule has 0 heterocycles. The molecule has 0 fully saturated rings. The second-order valence-electron chi connectivity index (χ2n) is 3.53. The minimum Gasteiger partial charge on any atom is -0.356 e. The number of carbonyl (C=O) groups excluding carboxylic acids is 1. The lowest BCUT2D eigenvalue weighted by atomic mass is 10.4. The summed E-state index contributed by atoms with van der Waals surface area (Å²) in [6.45, 7) is 6.38. The summed E-state index contributed by atoms with van der Waals surface area (Å²) in [5, 5.41) is 9.06. The summed E-state index contributed by atoms with van der Waals surface area (Å²) in [5.41, 5.74) is 0. The lowest BCUT2D eigenvalue weighted by Crippen LogP contribution is -2.39. The largest absolute Gasteiger partial charge is 0.356 e. The quantitative estimate of drug-likeness (QED) is 0.438. The molecule has 0 saturated carbocycles. The van der Waals surface area contributed by atoms with Crippen molar-refractivity contribution in [3.8, 4) is 0 Å². The van der Waals surface area contributed by atoms with Crippen molar-refractivity contribution in [2.45, 2.75) is 33.1 Å². The Morgan fingerprint density at radius 2 is 1.56 bits per heavy atom. The molecule has 5 nitrogen and oxygen atoms in total. The minimum absolute atomic E-state index is 0.0836. The van der Waals surface area contributed by atoms with Crippen LogP contribution in [0.15, 0.2) is 4.99 Å². The van der Waals surface area contributed by atoms with Gasteiger partial charge in [0.25, 0.3) is 0 Å². The lowest BCUT2D eigenvalue weighted by molar-refractivity contribution is -0.120. The van der Waals surface area contributed by atoms with E-state index in [2.05, 4.69) is 27.9 Å². The van der Waals surface area contributed by atoms with E-state index >= 15 is 0 Å². The van der Waals surface area contributed by atoms with E-state index in [1.165, 1.54) is 0 Å². The van der Waals surface area contributed by atoms with Gasteiger partial charge in [0.05, 0.1) is 0 Å². The van der Waals surface area contributed by atoms with Gasteiger partial charge in [-0.3, -0.25) is 9.79 Å². The van der Waals surface area contributed by atoms with Gasteiger partial charge in [0.2, 0.25) is 5.91 Å². The predicted molar refractivity (Wildman–Crippen MR) is 67.6 cm³/mol. The van der Waals surface area contributed by atoms with Crippen LogP contribution in [0.2, 0.25) is 0 Å². The maximum Gasteiger partial charge on any atom is 0.221 e. The number of aliphatic imine (C=N–C) groups is 1. The van der Waals surface area contributed by atoms with Crippen molar-refractivity contribution in [2.75, 3.05) is 26.7 Å². The van der Waals surface area contributed by atoms with E-state index in [1.807, 2.05) is 6.92 Å². The van der Waals surface area contributed by atoms with Crippen LogP contribution < -0.4 is 16.0 Å². The maximum atomic E-state index is 11.3. The summed E-state index contributed by atoms with van der Waals surface area (Å²) in [6.07, 6.45) is 2.50. The Kier molecular flexibility index (Phi) is 9.46. The Labute approximate surface area is 98.1 Å². The van der Waals surface area contributed by atoms with Crippen molar-refractivity contribution in [1.29, 1.82) is 0 Å². The molecule has 0 aliphatic carbocycles. The normalized spacial score (nSPS) is 11.1. The zero-order valence-electron chi connectivity index (χ0n) is 10.6. The van der Waals surface area contributed by atoms with Crippen LogP contribution in [0.3, 0.4) is 0 Å². The summed E-state index contributed by atoms with van der Waals surface area (Å²) in [4.78, 5) is 15.3. The third-order valence-electron chi connectivity index (χ3n) is 1.98. The first kappa shape index (κ1) is 14.7. The van der Waals surface area contributed by atoms with Crippen LogP contribution in [0.1, 0.15) is 33.1 Å². The fraction of sp³-hybridized carbons (Fsp3) is 0.818. The molecule has 0 saturated heterocycles. The van der Waals surface area contributed by atoms with Crippen LogP contribution in [0.4, 0.5) is 0 Å². The molecule has 94 valence electrons. The van der Waals surface area contributed by atoms with Crippen molar-refractivity contribution < 1.29 is 4.79 Å². The number of guanidine groups is 1.